The standard InChI is InChI=1S/C22H24N6O6/c1-11(9-14-10-24-18-17(25-14)20(32)28-22(23)27-18)8-12-2-4-13(5-3-12)19(31)26-15(21(33)34)6-7-16(29)30/h2-5,10-11,15H,6-9H2,1H3,(H,26,31)(H,29,30)(H,33,34)(H3,23,24,27,28,32)/t11?,15-/m0/s1. The molecule has 12 nitrogen and oxygen atoms in total. The van der Waals surface area contributed by atoms with Crippen LogP contribution in [0, 0.1) is 5.92 Å². The first-order valence-electron chi connectivity index (χ1n) is 10.5. The normalized spacial score (nSPS) is 12.7. The number of carbonyl (C=O) groups excluding carboxylic acids is 1. The van der Waals surface area contributed by atoms with E-state index in [1.54, 1.807) is 30.5 Å². The molecule has 3 rings (SSSR count). The predicted molar refractivity (Wildman–Crippen MR) is 121 cm³/mol. The number of anilines is 1. The second-order valence-corrected chi connectivity index (χ2v) is 7.99. The number of H-pyrrole nitrogens is 1. The number of nitrogens with two attached hydrogens (primary N) is 1. The highest BCUT2D eigenvalue weighted by Crippen LogP contribution is 2.15. The maximum absolute atomic E-state index is 12.4. The Morgan fingerprint density at radius 1 is 1.12 bits per heavy atom. The molecule has 0 aliphatic carbocycles. The smallest absolute Gasteiger partial charge is 0.326 e. The van der Waals surface area contributed by atoms with Gasteiger partial charge in [0.25, 0.3) is 11.5 Å². The van der Waals surface area contributed by atoms with Crippen molar-refractivity contribution in [1.82, 2.24) is 25.3 Å². The average molecular weight is 468 g/mol. The van der Waals surface area contributed by atoms with Crippen LogP contribution in [0.3, 0.4) is 0 Å². The molecule has 2 heterocycles. The lowest BCUT2D eigenvalue weighted by atomic mass is 9.96. The molecule has 0 radical (unpaired) electrons. The molecule has 0 fully saturated rings. The first-order valence-corrected chi connectivity index (χ1v) is 10.5. The first-order chi connectivity index (χ1) is 16.1. The van der Waals surface area contributed by atoms with E-state index in [1.165, 1.54) is 0 Å². The summed E-state index contributed by atoms with van der Waals surface area (Å²) >= 11 is 0. The minimum Gasteiger partial charge on any atom is -0.481 e. The van der Waals surface area contributed by atoms with Gasteiger partial charge in [0.1, 0.15) is 6.04 Å². The maximum atomic E-state index is 12.4. The van der Waals surface area contributed by atoms with Crippen molar-refractivity contribution in [2.75, 3.05) is 5.73 Å². The number of carbonyl (C=O) groups is 3. The summed E-state index contributed by atoms with van der Waals surface area (Å²) < 4.78 is 0. The van der Waals surface area contributed by atoms with E-state index in [2.05, 4.69) is 25.3 Å². The van der Waals surface area contributed by atoms with Crippen LogP contribution in [0.2, 0.25) is 0 Å². The molecule has 0 saturated carbocycles. The molecular formula is C22H24N6O6. The van der Waals surface area contributed by atoms with Crippen LogP contribution < -0.4 is 16.6 Å². The summed E-state index contributed by atoms with van der Waals surface area (Å²) in [6.45, 7) is 2.01. The van der Waals surface area contributed by atoms with Crippen molar-refractivity contribution in [1.29, 1.82) is 0 Å². The highest BCUT2D eigenvalue weighted by atomic mass is 16.4. The number of carboxylic acid groups (broad SMARTS) is 2. The number of rotatable bonds is 10. The van der Waals surface area contributed by atoms with E-state index >= 15 is 0 Å². The van der Waals surface area contributed by atoms with Crippen LogP contribution in [0.5, 0.6) is 0 Å². The van der Waals surface area contributed by atoms with Gasteiger partial charge >= 0.3 is 11.9 Å². The van der Waals surface area contributed by atoms with Gasteiger partial charge in [0, 0.05) is 12.0 Å². The number of hydrogen-bond donors (Lipinski definition) is 5. The summed E-state index contributed by atoms with van der Waals surface area (Å²) in [7, 11) is 0. The number of fused-ring (bicyclic) bond motifs is 1. The highest BCUT2D eigenvalue weighted by Gasteiger charge is 2.21. The van der Waals surface area contributed by atoms with Crippen molar-refractivity contribution in [2.45, 2.75) is 38.6 Å². The number of aromatic nitrogens is 4. The number of aromatic amines is 1. The Kier molecular flexibility index (Phi) is 7.51. The molecule has 34 heavy (non-hydrogen) atoms. The average Bonchev–Trinajstić information content (AvgIpc) is 2.77. The largest absolute Gasteiger partial charge is 0.481 e. The Labute approximate surface area is 193 Å². The lowest BCUT2D eigenvalue weighted by Gasteiger charge is -2.14. The zero-order valence-corrected chi connectivity index (χ0v) is 18.3. The summed E-state index contributed by atoms with van der Waals surface area (Å²) in [4.78, 5) is 61.2. The molecule has 3 aromatic rings. The Hall–Kier alpha value is -4.35. The quantitative estimate of drug-likeness (QED) is 0.283. The van der Waals surface area contributed by atoms with Gasteiger partial charge in [0.2, 0.25) is 5.95 Å². The van der Waals surface area contributed by atoms with E-state index in [9.17, 15) is 24.3 Å². The summed E-state index contributed by atoms with van der Waals surface area (Å²) in [5.74, 6) is -2.91. The molecule has 12 heteroatoms. The molecule has 0 spiro atoms. The van der Waals surface area contributed by atoms with Gasteiger partial charge in [0.15, 0.2) is 11.2 Å². The van der Waals surface area contributed by atoms with E-state index < -0.39 is 29.4 Å². The summed E-state index contributed by atoms with van der Waals surface area (Å²) in [5.41, 5.74) is 7.21. The van der Waals surface area contributed by atoms with Crippen molar-refractivity contribution in [3.63, 3.8) is 0 Å². The van der Waals surface area contributed by atoms with Crippen molar-refractivity contribution < 1.29 is 24.6 Å². The number of aliphatic carboxylic acids is 2. The molecular weight excluding hydrogens is 444 g/mol. The van der Waals surface area contributed by atoms with Crippen LogP contribution in [0.25, 0.3) is 11.2 Å². The molecule has 1 aromatic carbocycles. The van der Waals surface area contributed by atoms with E-state index in [4.69, 9.17) is 10.8 Å². The summed E-state index contributed by atoms with van der Waals surface area (Å²) in [6, 6.07) is 5.41. The van der Waals surface area contributed by atoms with Gasteiger partial charge in [-0.15, -0.1) is 0 Å². The fraction of sp³-hybridized carbons (Fsp3) is 0.318. The van der Waals surface area contributed by atoms with E-state index in [0.29, 0.717) is 18.5 Å². The number of nitrogens with one attached hydrogen (secondary N) is 2. The van der Waals surface area contributed by atoms with Gasteiger partial charge in [-0.25, -0.2) is 14.8 Å². The van der Waals surface area contributed by atoms with Gasteiger partial charge in [-0.05, 0) is 42.9 Å². The molecule has 2 aromatic heterocycles. The second kappa shape index (κ2) is 10.5. The van der Waals surface area contributed by atoms with Crippen LogP contribution in [0.15, 0.2) is 35.3 Å². The molecule has 2 atom stereocenters. The molecule has 1 amide bonds. The molecule has 178 valence electrons. The molecule has 0 aliphatic heterocycles. The van der Waals surface area contributed by atoms with E-state index in [1.807, 2.05) is 6.92 Å². The van der Waals surface area contributed by atoms with Gasteiger partial charge in [0.05, 0.1) is 11.9 Å². The summed E-state index contributed by atoms with van der Waals surface area (Å²) in [6.07, 6.45) is 2.20. The Bertz CT molecular complexity index is 1270. The Morgan fingerprint density at radius 3 is 2.47 bits per heavy atom. The van der Waals surface area contributed by atoms with Gasteiger partial charge < -0.3 is 21.3 Å². The number of nitrogens with zero attached hydrogens (tertiary/aromatic N) is 3. The third-order valence-corrected chi connectivity index (χ3v) is 5.09. The van der Waals surface area contributed by atoms with E-state index in [0.717, 1.165) is 5.56 Å². The monoisotopic (exact) mass is 468 g/mol. The van der Waals surface area contributed by atoms with Crippen molar-refractivity contribution in [2.24, 2.45) is 5.92 Å². The lowest BCUT2D eigenvalue weighted by Crippen LogP contribution is -2.41. The number of amides is 1. The lowest BCUT2D eigenvalue weighted by molar-refractivity contribution is -0.140. The molecule has 0 aliphatic rings. The second-order valence-electron chi connectivity index (χ2n) is 7.99. The third-order valence-electron chi connectivity index (χ3n) is 5.09. The SMILES string of the molecule is CC(Cc1ccc(C(=O)N[C@@H](CCC(=O)O)C(=O)O)cc1)Cc1cnc2nc(N)[nH]c(=O)c2n1. The molecule has 0 saturated heterocycles. The van der Waals surface area contributed by atoms with Crippen LogP contribution in [-0.4, -0.2) is 54.0 Å². The van der Waals surface area contributed by atoms with Gasteiger partial charge in [-0.2, -0.15) is 4.98 Å². The highest BCUT2D eigenvalue weighted by molar-refractivity contribution is 5.96. The fourth-order valence-electron chi connectivity index (χ4n) is 3.46. The van der Waals surface area contributed by atoms with Gasteiger partial charge in [-0.3, -0.25) is 19.4 Å². The van der Waals surface area contributed by atoms with Crippen LogP contribution in [0.4, 0.5) is 5.95 Å². The maximum Gasteiger partial charge on any atom is 0.326 e. The number of benzene rings is 1. The zero-order chi connectivity index (χ0) is 24.8. The first kappa shape index (κ1) is 24.3. The third kappa shape index (κ3) is 6.34. The molecule has 6 N–H and O–H groups in total. The Morgan fingerprint density at radius 2 is 1.82 bits per heavy atom. The minimum absolute atomic E-state index is 0.0243. The number of nitrogen functional groups attached to an aromatic ring is 1. The van der Waals surface area contributed by atoms with Crippen molar-refractivity contribution in [3.8, 4) is 0 Å². The molecule has 0 bridgehead atoms. The molecule has 1 unspecified atom stereocenters. The van der Waals surface area contributed by atoms with Crippen LogP contribution in [-0.2, 0) is 22.4 Å². The minimum atomic E-state index is -1.29. The summed E-state index contributed by atoms with van der Waals surface area (Å²) in [5, 5.41) is 20.3. The predicted octanol–water partition coefficient (Wildman–Crippen LogP) is 0.764. The van der Waals surface area contributed by atoms with Crippen molar-refractivity contribution >= 4 is 35.0 Å². The van der Waals surface area contributed by atoms with Crippen LogP contribution in [0.1, 0.15) is 41.4 Å². The van der Waals surface area contributed by atoms with E-state index in [-0.39, 0.29) is 41.4 Å². The fourth-order valence-corrected chi connectivity index (χ4v) is 3.46. The number of hydrogen-bond acceptors (Lipinski definition) is 8. The topological polar surface area (TPSA) is 201 Å². The van der Waals surface area contributed by atoms with Crippen molar-refractivity contribution in [3.05, 3.63) is 57.6 Å². The van der Waals surface area contributed by atoms with Gasteiger partial charge in [-0.1, -0.05) is 19.1 Å². The van der Waals surface area contributed by atoms with Crippen LogP contribution >= 0.6 is 0 Å². The zero-order valence-electron chi connectivity index (χ0n) is 18.3. The Balaban J connectivity index is 1.61. The number of carboxylic acids is 2.